The molecule has 0 bridgehead atoms. The van der Waals surface area contributed by atoms with Gasteiger partial charge in [-0.3, -0.25) is 4.90 Å². The lowest BCUT2D eigenvalue weighted by Gasteiger charge is -2.41. The van der Waals surface area contributed by atoms with Gasteiger partial charge >= 0.3 is 0 Å². The molecule has 0 radical (unpaired) electrons. The maximum atomic E-state index is 3.75. The first-order valence-electron chi connectivity index (χ1n) is 8.67. The molecule has 21 heavy (non-hydrogen) atoms. The van der Waals surface area contributed by atoms with Crippen LogP contribution in [0.1, 0.15) is 63.6 Å². The van der Waals surface area contributed by atoms with E-state index in [1.807, 2.05) is 0 Å². The second kappa shape index (κ2) is 7.95. The molecule has 2 nitrogen and oxygen atoms in total. The van der Waals surface area contributed by atoms with Crippen LogP contribution in [0.15, 0.2) is 24.3 Å². The molecule has 1 saturated heterocycles. The van der Waals surface area contributed by atoms with Crippen molar-refractivity contribution in [3.8, 4) is 0 Å². The van der Waals surface area contributed by atoms with Gasteiger partial charge in [0.15, 0.2) is 0 Å². The first-order chi connectivity index (χ1) is 10.1. The Kier molecular flexibility index (Phi) is 6.25. The summed E-state index contributed by atoms with van der Waals surface area (Å²) in [5.74, 6) is 0. The fourth-order valence-electron chi connectivity index (χ4n) is 3.45. The van der Waals surface area contributed by atoms with Gasteiger partial charge in [0, 0.05) is 24.7 Å². The fourth-order valence-corrected chi connectivity index (χ4v) is 3.45. The molecule has 1 aliphatic rings. The molecule has 1 aromatic carbocycles. The van der Waals surface area contributed by atoms with Crippen molar-refractivity contribution in [2.45, 2.75) is 71.5 Å². The van der Waals surface area contributed by atoms with Crippen LogP contribution in [-0.4, -0.2) is 30.1 Å². The monoisotopic (exact) mass is 288 g/mol. The summed E-state index contributed by atoms with van der Waals surface area (Å²) >= 11 is 0. The molecule has 118 valence electrons. The highest BCUT2D eigenvalue weighted by atomic mass is 15.2. The lowest BCUT2D eigenvalue weighted by atomic mass is 9.95. The minimum absolute atomic E-state index is 0.452. The first-order valence-corrected chi connectivity index (χ1v) is 8.67. The molecule has 0 saturated carbocycles. The quantitative estimate of drug-likeness (QED) is 0.839. The Morgan fingerprint density at radius 3 is 2.33 bits per heavy atom. The molecule has 2 rings (SSSR count). The van der Waals surface area contributed by atoms with Gasteiger partial charge < -0.3 is 5.32 Å². The molecule has 1 N–H and O–H groups in total. The van der Waals surface area contributed by atoms with Crippen LogP contribution in [0.5, 0.6) is 0 Å². The number of hydrogen-bond acceptors (Lipinski definition) is 2. The van der Waals surface area contributed by atoms with Crippen molar-refractivity contribution in [1.82, 2.24) is 10.2 Å². The predicted molar refractivity (Wildman–Crippen MR) is 91.7 cm³/mol. The van der Waals surface area contributed by atoms with Gasteiger partial charge in [-0.2, -0.15) is 0 Å². The minimum Gasteiger partial charge on any atom is -0.309 e. The van der Waals surface area contributed by atoms with E-state index in [9.17, 15) is 0 Å². The molecular weight excluding hydrogens is 256 g/mol. The van der Waals surface area contributed by atoms with Gasteiger partial charge in [0.1, 0.15) is 0 Å². The number of likely N-dealkylation sites (tertiary alicyclic amines) is 1. The van der Waals surface area contributed by atoms with Gasteiger partial charge in [0.2, 0.25) is 0 Å². The summed E-state index contributed by atoms with van der Waals surface area (Å²) < 4.78 is 0. The van der Waals surface area contributed by atoms with Crippen LogP contribution >= 0.6 is 0 Å². The molecule has 0 amide bonds. The summed E-state index contributed by atoms with van der Waals surface area (Å²) in [5.41, 5.74) is 2.77. The van der Waals surface area contributed by atoms with E-state index in [-0.39, 0.29) is 0 Å². The van der Waals surface area contributed by atoms with Crippen LogP contribution in [0.2, 0.25) is 0 Å². The number of piperidine rings is 1. The molecule has 1 aromatic rings. The number of nitrogens with one attached hydrogen (secondary N) is 1. The SMILES string of the molecule is CCCNC(CN1[C@H](C)CCC[C@@H]1C)c1ccc(C)cc1. The van der Waals surface area contributed by atoms with E-state index in [2.05, 4.69) is 62.2 Å². The van der Waals surface area contributed by atoms with Crippen molar-refractivity contribution < 1.29 is 0 Å². The maximum Gasteiger partial charge on any atom is 0.0449 e. The Labute approximate surface area is 130 Å². The van der Waals surface area contributed by atoms with Gasteiger partial charge in [-0.25, -0.2) is 0 Å². The standard InChI is InChI=1S/C19H32N2/c1-5-13-20-19(18-11-9-15(2)10-12-18)14-21-16(3)7-6-8-17(21)4/h9-12,16-17,19-20H,5-8,13-14H2,1-4H3/t16-,17+,19?. The summed E-state index contributed by atoms with van der Waals surface area (Å²) in [6.07, 6.45) is 5.27. The normalized spacial score (nSPS) is 25.0. The van der Waals surface area contributed by atoms with Gasteiger partial charge in [0.25, 0.3) is 0 Å². The van der Waals surface area contributed by atoms with Gasteiger partial charge in [0.05, 0.1) is 0 Å². The Bertz CT molecular complexity index is 402. The van der Waals surface area contributed by atoms with Crippen molar-refractivity contribution in [1.29, 1.82) is 0 Å². The zero-order chi connectivity index (χ0) is 15.2. The van der Waals surface area contributed by atoms with Crippen LogP contribution in [0.4, 0.5) is 0 Å². The number of aryl methyl sites for hydroxylation is 1. The van der Waals surface area contributed by atoms with E-state index in [1.165, 1.54) is 36.8 Å². The van der Waals surface area contributed by atoms with Gasteiger partial charge in [-0.1, -0.05) is 43.2 Å². The van der Waals surface area contributed by atoms with Gasteiger partial charge in [-0.05, 0) is 52.1 Å². The van der Waals surface area contributed by atoms with E-state index < -0.39 is 0 Å². The van der Waals surface area contributed by atoms with Crippen LogP contribution in [0.25, 0.3) is 0 Å². The maximum absolute atomic E-state index is 3.75. The van der Waals surface area contributed by atoms with E-state index in [1.54, 1.807) is 0 Å². The average Bonchev–Trinajstić information content (AvgIpc) is 2.47. The summed E-state index contributed by atoms with van der Waals surface area (Å²) in [5, 5.41) is 3.75. The smallest absolute Gasteiger partial charge is 0.0449 e. The molecule has 1 unspecified atom stereocenters. The van der Waals surface area contributed by atoms with Crippen molar-refractivity contribution >= 4 is 0 Å². The number of nitrogens with zero attached hydrogens (tertiary/aromatic N) is 1. The third kappa shape index (κ3) is 4.55. The lowest BCUT2D eigenvalue weighted by Crippen LogP contribution is -2.47. The lowest BCUT2D eigenvalue weighted by molar-refractivity contribution is 0.0908. The third-order valence-corrected chi connectivity index (χ3v) is 4.89. The van der Waals surface area contributed by atoms with E-state index in [4.69, 9.17) is 0 Å². The Morgan fingerprint density at radius 1 is 1.14 bits per heavy atom. The Balaban J connectivity index is 2.09. The molecule has 1 fully saturated rings. The fraction of sp³-hybridized carbons (Fsp3) is 0.684. The summed E-state index contributed by atoms with van der Waals surface area (Å²) in [7, 11) is 0. The minimum atomic E-state index is 0.452. The van der Waals surface area contributed by atoms with E-state index >= 15 is 0 Å². The van der Waals surface area contributed by atoms with E-state index in [0.717, 1.165) is 13.1 Å². The molecule has 1 heterocycles. The molecule has 0 aromatic heterocycles. The molecule has 0 aliphatic carbocycles. The van der Waals surface area contributed by atoms with Crippen LogP contribution < -0.4 is 5.32 Å². The number of hydrogen-bond donors (Lipinski definition) is 1. The second-order valence-corrected chi connectivity index (χ2v) is 6.74. The Morgan fingerprint density at radius 2 is 1.76 bits per heavy atom. The largest absolute Gasteiger partial charge is 0.309 e. The molecule has 0 spiro atoms. The topological polar surface area (TPSA) is 15.3 Å². The molecule has 1 aliphatic heterocycles. The zero-order valence-corrected chi connectivity index (χ0v) is 14.2. The third-order valence-electron chi connectivity index (χ3n) is 4.89. The number of benzene rings is 1. The first kappa shape index (κ1) is 16.5. The summed E-state index contributed by atoms with van der Waals surface area (Å²) in [6.45, 7) is 11.4. The van der Waals surface area contributed by atoms with Crippen LogP contribution in [0, 0.1) is 6.92 Å². The predicted octanol–water partition coefficient (Wildman–Crippen LogP) is 4.30. The van der Waals surface area contributed by atoms with Crippen molar-refractivity contribution in [3.05, 3.63) is 35.4 Å². The van der Waals surface area contributed by atoms with Crippen molar-refractivity contribution in [3.63, 3.8) is 0 Å². The molecule has 3 atom stereocenters. The highest BCUT2D eigenvalue weighted by Gasteiger charge is 2.27. The Hall–Kier alpha value is -0.860. The van der Waals surface area contributed by atoms with Crippen molar-refractivity contribution in [2.24, 2.45) is 0 Å². The summed E-state index contributed by atoms with van der Waals surface area (Å²) in [4.78, 5) is 2.71. The zero-order valence-electron chi connectivity index (χ0n) is 14.2. The summed E-state index contributed by atoms with van der Waals surface area (Å²) in [6, 6.07) is 10.9. The van der Waals surface area contributed by atoms with Crippen LogP contribution in [-0.2, 0) is 0 Å². The van der Waals surface area contributed by atoms with Crippen LogP contribution in [0.3, 0.4) is 0 Å². The molecular formula is C19H32N2. The highest BCUT2D eigenvalue weighted by Crippen LogP contribution is 2.26. The molecule has 2 heteroatoms. The van der Waals surface area contributed by atoms with Gasteiger partial charge in [-0.15, -0.1) is 0 Å². The second-order valence-electron chi connectivity index (χ2n) is 6.74. The number of rotatable bonds is 6. The van der Waals surface area contributed by atoms with E-state index in [0.29, 0.717) is 18.1 Å². The van der Waals surface area contributed by atoms with Crippen molar-refractivity contribution in [2.75, 3.05) is 13.1 Å². The average molecular weight is 288 g/mol. The highest BCUT2D eigenvalue weighted by molar-refractivity contribution is 5.24.